The number of sulfone groups is 1. The molecule has 0 bridgehead atoms. The molecule has 1 aromatic carbocycles. The molecule has 1 aliphatic rings. The van der Waals surface area contributed by atoms with Gasteiger partial charge in [-0.25, -0.2) is 8.42 Å². The lowest BCUT2D eigenvalue weighted by atomic mass is 9.77. The standard InChI is InChI=1S/C17H19ClO6S/c1-3-24-9-25(22,23)14-6-4-5-11(16(14)18)17(21)15-12(19)7-10(2)8-13(15)20/h4-6,10,15H,3,7-9H2,1-2H3. The monoisotopic (exact) mass is 386 g/mol. The molecule has 136 valence electrons. The van der Waals surface area contributed by atoms with Crippen molar-refractivity contribution in [2.24, 2.45) is 11.8 Å². The normalized spacial score (nSPS) is 21.4. The van der Waals surface area contributed by atoms with E-state index in [4.69, 9.17) is 16.3 Å². The molecule has 0 spiro atoms. The fourth-order valence-corrected chi connectivity index (χ4v) is 4.57. The average molecular weight is 387 g/mol. The van der Waals surface area contributed by atoms with Crippen molar-refractivity contribution in [1.82, 2.24) is 0 Å². The van der Waals surface area contributed by atoms with E-state index >= 15 is 0 Å². The summed E-state index contributed by atoms with van der Waals surface area (Å²) in [7, 11) is -3.85. The van der Waals surface area contributed by atoms with Crippen LogP contribution in [0.2, 0.25) is 5.02 Å². The van der Waals surface area contributed by atoms with E-state index in [0.717, 1.165) is 0 Å². The summed E-state index contributed by atoms with van der Waals surface area (Å²) in [6.07, 6.45) is 0.282. The first kappa shape index (κ1) is 19.8. The van der Waals surface area contributed by atoms with Crippen LogP contribution >= 0.6 is 11.6 Å². The van der Waals surface area contributed by atoms with Gasteiger partial charge in [-0.3, -0.25) is 14.4 Å². The number of carbonyl (C=O) groups is 3. The van der Waals surface area contributed by atoms with Gasteiger partial charge in [-0.1, -0.05) is 24.6 Å². The van der Waals surface area contributed by atoms with Gasteiger partial charge in [0.05, 0.1) is 9.92 Å². The second-order valence-electron chi connectivity index (χ2n) is 6.09. The summed E-state index contributed by atoms with van der Waals surface area (Å²) in [5, 5.41) is -0.286. The molecule has 1 aliphatic carbocycles. The number of carbonyl (C=O) groups excluding carboxylic acids is 3. The van der Waals surface area contributed by atoms with Crippen molar-refractivity contribution in [3.05, 3.63) is 28.8 Å². The summed E-state index contributed by atoms with van der Waals surface area (Å²) in [6.45, 7) is 3.63. The zero-order valence-corrected chi connectivity index (χ0v) is 15.5. The minimum absolute atomic E-state index is 0.0996. The number of benzene rings is 1. The molecule has 1 saturated carbocycles. The van der Waals surface area contributed by atoms with Crippen molar-refractivity contribution in [1.29, 1.82) is 0 Å². The number of hydrogen-bond donors (Lipinski definition) is 0. The molecule has 0 saturated heterocycles. The summed E-state index contributed by atoms with van der Waals surface area (Å²) in [5.41, 5.74) is -0.138. The zero-order valence-electron chi connectivity index (χ0n) is 14.0. The van der Waals surface area contributed by atoms with E-state index in [1.807, 2.05) is 0 Å². The lowest BCUT2D eigenvalue weighted by Gasteiger charge is -2.23. The van der Waals surface area contributed by atoms with Crippen LogP contribution < -0.4 is 0 Å². The fourth-order valence-electron chi connectivity index (χ4n) is 2.82. The van der Waals surface area contributed by atoms with Gasteiger partial charge in [0.25, 0.3) is 0 Å². The van der Waals surface area contributed by atoms with Gasteiger partial charge in [-0.15, -0.1) is 0 Å². The number of hydrogen-bond acceptors (Lipinski definition) is 6. The second kappa shape index (κ2) is 7.76. The van der Waals surface area contributed by atoms with Gasteiger partial charge in [0.1, 0.15) is 5.92 Å². The highest BCUT2D eigenvalue weighted by atomic mass is 35.5. The fraction of sp³-hybridized carbons (Fsp3) is 0.471. The smallest absolute Gasteiger partial charge is 0.203 e. The van der Waals surface area contributed by atoms with E-state index in [-0.39, 0.29) is 40.8 Å². The van der Waals surface area contributed by atoms with E-state index in [9.17, 15) is 22.8 Å². The molecule has 8 heteroatoms. The average Bonchev–Trinajstić information content (AvgIpc) is 2.51. The summed E-state index contributed by atoms with van der Waals surface area (Å²) in [5.74, 6) is -3.73. The van der Waals surface area contributed by atoms with Gasteiger partial charge in [-0.2, -0.15) is 0 Å². The van der Waals surface area contributed by atoms with Crippen molar-refractivity contribution in [2.45, 2.75) is 31.6 Å². The molecular weight excluding hydrogens is 368 g/mol. The Balaban J connectivity index is 2.41. The molecule has 0 unspecified atom stereocenters. The Bertz CT molecular complexity index is 796. The van der Waals surface area contributed by atoms with Crippen molar-refractivity contribution in [3.8, 4) is 0 Å². The Morgan fingerprint density at radius 2 is 1.84 bits per heavy atom. The van der Waals surface area contributed by atoms with E-state index in [2.05, 4.69) is 0 Å². The predicted octanol–water partition coefficient (Wildman–Crippen LogP) is 2.47. The lowest BCUT2D eigenvalue weighted by molar-refractivity contribution is -0.134. The Morgan fingerprint density at radius 1 is 1.24 bits per heavy atom. The van der Waals surface area contributed by atoms with Crippen LogP contribution in [0.1, 0.15) is 37.0 Å². The molecule has 0 aromatic heterocycles. The Hall–Kier alpha value is -1.57. The first-order valence-electron chi connectivity index (χ1n) is 7.87. The van der Waals surface area contributed by atoms with Crippen LogP contribution in [0, 0.1) is 11.8 Å². The minimum Gasteiger partial charge on any atom is -0.365 e. The van der Waals surface area contributed by atoms with Gasteiger partial charge >= 0.3 is 0 Å². The van der Waals surface area contributed by atoms with Crippen LogP contribution in [0.15, 0.2) is 23.1 Å². The SMILES string of the molecule is CCOCS(=O)(=O)c1cccc(C(=O)C2C(=O)CC(C)CC2=O)c1Cl. The third kappa shape index (κ3) is 4.16. The second-order valence-corrected chi connectivity index (χ2v) is 8.37. The summed E-state index contributed by atoms with van der Waals surface area (Å²) in [4.78, 5) is 36.7. The molecule has 0 amide bonds. The van der Waals surface area contributed by atoms with Crippen molar-refractivity contribution >= 4 is 38.8 Å². The third-order valence-electron chi connectivity index (χ3n) is 4.01. The maximum atomic E-state index is 12.7. The topological polar surface area (TPSA) is 94.6 Å². The molecule has 0 heterocycles. The number of rotatable bonds is 6. The minimum atomic E-state index is -3.85. The van der Waals surface area contributed by atoms with Crippen LogP contribution in [0.3, 0.4) is 0 Å². The summed E-state index contributed by atoms with van der Waals surface area (Å²) >= 11 is 6.13. The Kier molecular flexibility index (Phi) is 6.13. The first-order chi connectivity index (χ1) is 11.7. The molecule has 6 nitrogen and oxygen atoms in total. The van der Waals surface area contributed by atoms with Crippen molar-refractivity contribution < 1.29 is 27.5 Å². The predicted molar refractivity (Wildman–Crippen MR) is 91.4 cm³/mol. The molecule has 1 fully saturated rings. The molecule has 0 atom stereocenters. The summed E-state index contributed by atoms with van der Waals surface area (Å²) in [6, 6.07) is 3.95. The number of ketones is 3. The van der Waals surface area contributed by atoms with Crippen LogP contribution in [-0.4, -0.2) is 38.3 Å². The Labute approximate surface area is 151 Å². The van der Waals surface area contributed by atoms with E-state index in [0.29, 0.717) is 0 Å². The molecule has 2 rings (SSSR count). The molecule has 1 aromatic rings. The van der Waals surface area contributed by atoms with E-state index < -0.39 is 39.0 Å². The number of ether oxygens (including phenoxy) is 1. The van der Waals surface area contributed by atoms with Gasteiger partial charge in [-0.05, 0) is 25.0 Å². The lowest BCUT2D eigenvalue weighted by Crippen LogP contribution is -2.38. The quantitative estimate of drug-likeness (QED) is 0.550. The van der Waals surface area contributed by atoms with E-state index in [1.54, 1.807) is 13.8 Å². The van der Waals surface area contributed by atoms with Crippen LogP contribution in [-0.2, 0) is 24.2 Å². The van der Waals surface area contributed by atoms with Gasteiger partial charge in [0, 0.05) is 25.0 Å². The highest BCUT2D eigenvalue weighted by Crippen LogP contribution is 2.31. The molecule has 0 N–H and O–H groups in total. The largest absolute Gasteiger partial charge is 0.365 e. The van der Waals surface area contributed by atoms with Crippen molar-refractivity contribution in [3.63, 3.8) is 0 Å². The maximum Gasteiger partial charge on any atom is 0.203 e. The van der Waals surface area contributed by atoms with E-state index in [1.165, 1.54) is 18.2 Å². The summed E-state index contributed by atoms with van der Waals surface area (Å²) < 4.78 is 29.5. The molecular formula is C17H19ClO6S. The number of halogens is 1. The maximum absolute atomic E-state index is 12.7. The van der Waals surface area contributed by atoms with Crippen LogP contribution in [0.4, 0.5) is 0 Å². The first-order valence-corrected chi connectivity index (χ1v) is 9.90. The third-order valence-corrected chi connectivity index (χ3v) is 6.02. The molecule has 0 aliphatic heterocycles. The van der Waals surface area contributed by atoms with Crippen LogP contribution in [0.25, 0.3) is 0 Å². The Morgan fingerprint density at radius 3 is 2.40 bits per heavy atom. The highest BCUT2D eigenvalue weighted by Gasteiger charge is 2.40. The van der Waals surface area contributed by atoms with Gasteiger partial charge in [0.15, 0.2) is 23.3 Å². The molecule has 25 heavy (non-hydrogen) atoms. The highest BCUT2D eigenvalue weighted by molar-refractivity contribution is 7.91. The van der Waals surface area contributed by atoms with Gasteiger partial charge in [0.2, 0.25) is 9.84 Å². The zero-order chi connectivity index (χ0) is 18.8. The van der Waals surface area contributed by atoms with Crippen LogP contribution in [0.5, 0.6) is 0 Å². The van der Waals surface area contributed by atoms with Gasteiger partial charge < -0.3 is 4.74 Å². The van der Waals surface area contributed by atoms with Crippen molar-refractivity contribution in [2.75, 3.05) is 12.5 Å². The number of Topliss-reactive ketones (excluding diaryl/α,β-unsaturated/α-hetero) is 3. The molecule has 0 radical (unpaired) electrons.